The monoisotopic (exact) mass is 635 g/mol. The van der Waals surface area contributed by atoms with Gasteiger partial charge in [-0.3, -0.25) is 14.5 Å². The van der Waals surface area contributed by atoms with Crippen LogP contribution in [0.4, 0.5) is 26.7 Å². The third kappa shape index (κ3) is 5.97. The molecule has 3 amide bonds. The summed E-state index contributed by atoms with van der Waals surface area (Å²) in [6, 6.07) is -1.12. The zero-order valence-electron chi connectivity index (χ0n) is 25.0. The van der Waals surface area contributed by atoms with Gasteiger partial charge >= 0.3 is 24.1 Å². The van der Waals surface area contributed by atoms with E-state index in [9.17, 15) is 41.4 Å². The van der Waals surface area contributed by atoms with Crippen molar-refractivity contribution in [3.05, 3.63) is 11.7 Å². The Labute approximate surface area is 251 Å². The SMILES string of the molecule is CC(C)(C)OC(=O)N1CC2(CCC2)[C@H](O)C[C@H]1C(=O)N1CCC(c2noc(C(=O)N3CCC(F)(F)CC3)n2)(C(F)(F)F)CC1. The van der Waals surface area contributed by atoms with Gasteiger partial charge in [-0.25, -0.2) is 13.6 Å². The topological polar surface area (TPSA) is 129 Å². The van der Waals surface area contributed by atoms with Crippen LogP contribution in [0.3, 0.4) is 0 Å². The number of aliphatic hydroxyl groups is 1. The van der Waals surface area contributed by atoms with Crippen molar-refractivity contribution < 1.29 is 50.7 Å². The number of likely N-dealkylation sites (tertiary alicyclic amines) is 3. The molecule has 4 heterocycles. The van der Waals surface area contributed by atoms with Gasteiger partial charge in [0.25, 0.3) is 5.92 Å². The maximum atomic E-state index is 14.6. The molecule has 246 valence electrons. The molecule has 1 aliphatic carbocycles. The zero-order valence-corrected chi connectivity index (χ0v) is 25.0. The van der Waals surface area contributed by atoms with Crippen LogP contribution in [0.15, 0.2) is 4.52 Å². The van der Waals surface area contributed by atoms with Gasteiger partial charge in [-0.1, -0.05) is 11.6 Å². The molecule has 44 heavy (non-hydrogen) atoms. The Morgan fingerprint density at radius 3 is 2.07 bits per heavy atom. The second-order valence-electron chi connectivity index (χ2n) is 13.6. The molecule has 4 fully saturated rings. The molecule has 0 aromatic carbocycles. The molecule has 1 N–H and O–H groups in total. The molecule has 1 spiro atoms. The normalized spacial score (nSPS) is 26.7. The minimum atomic E-state index is -4.88. The Bertz CT molecular complexity index is 1260. The molecule has 1 aromatic heterocycles. The number of halogens is 5. The highest BCUT2D eigenvalue weighted by Gasteiger charge is 2.61. The van der Waals surface area contributed by atoms with Gasteiger partial charge < -0.3 is 24.2 Å². The van der Waals surface area contributed by atoms with E-state index in [2.05, 4.69) is 10.1 Å². The number of amides is 3. The van der Waals surface area contributed by atoms with Crippen LogP contribution in [0.1, 0.15) is 88.6 Å². The van der Waals surface area contributed by atoms with Crippen molar-refractivity contribution >= 4 is 17.9 Å². The lowest BCUT2D eigenvalue weighted by Gasteiger charge is -2.54. The number of ether oxygens (including phenoxy) is 1. The number of rotatable bonds is 3. The first-order valence-corrected chi connectivity index (χ1v) is 14.9. The van der Waals surface area contributed by atoms with Crippen LogP contribution >= 0.6 is 0 Å². The Morgan fingerprint density at radius 1 is 0.955 bits per heavy atom. The lowest BCUT2D eigenvalue weighted by atomic mass is 9.61. The number of nitrogens with zero attached hydrogens (tertiary/aromatic N) is 5. The predicted molar refractivity (Wildman–Crippen MR) is 142 cm³/mol. The Morgan fingerprint density at radius 2 is 1.55 bits per heavy atom. The lowest BCUT2D eigenvalue weighted by Crippen LogP contribution is -2.65. The first-order valence-electron chi connectivity index (χ1n) is 14.9. The van der Waals surface area contributed by atoms with Crippen LogP contribution in [-0.2, 0) is 14.9 Å². The molecular weight excluding hydrogens is 597 g/mol. The van der Waals surface area contributed by atoms with E-state index in [4.69, 9.17) is 9.26 Å². The summed E-state index contributed by atoms with van der Waals surface area (Å²) < 4.78 is 81.3. The van der Waals surface area contributed by atoms with Crippen molar-refractivity contribution in [2.75, 3.05) is 32.7 Å². The fourth-order valence-electron chi connectivity index (χ4n) is 6.64. The zero-order chi connectivity index (χ0) is 32.3. The van der Waals surface area contributed by atoms with Crippen molar-refractivity contribution in [2.45, 2.75) is 107 Å². The largest absolute Gasteiger partial charge is 0.444 e. The summed E-state index contributed by atoms with van der Waals surface area (Å²) in [6.07, 6.45) is -6.72. The van der Waals surface area contributed by atoms with E-state index in [1.165, 1.54) is 9.80 Å². The third-order valence-electron chi connectivity index (χ3n) is 9.57. The van der Waals surface area contributed by atoms with Crippen molar-refractivity contribution in [3.8, 4) is 0 Å². The molecule has 5 rings (SSSR count). The van der Waals surface area contributed by atoms with Crippen LogP contribution in [0.2, 0.25) is 0 Å². The summed E-state index contributed by atoms with van der Waals surface area (Å²) in [5.74, 6) is -5.93. The van der Waals surface area contributed by atoms with Crippen molar-refractivity contribution in [2.24, 2.45) is 5.41 Å². The van der Waals surface area contributed by atoms with E-state index < -0.39 is 96.0 Å². The Kier molecular flexibility index (Phi) is 8.15. The fraction of sp³-hybridized carbons (Fsp3) is 0.821. The van der Waals surface area contributed by atoms with Gasteiger partial charge in [-0.2, -0.15) is 18.2 Å². The first-order chi connectivity index (χ1) is 20.4. The van der Waals surface area contributed by atoms with Gasteiger partial charge in [0, 0.05) is 57.4 Å². The van der Waals surface area contributed by atoms with E-state index >= 15 is 0 Å². The van der Waals surface area contributed by atoms with E-state index in [0.717, 1.165) is 11.3 Å². The molecular formula is C28H38F5N5O6. The molecule has 0 unspecified atom stereocenters. The molecule has 2 atom stereocenters. The van der Waals surface area contributed by atoms with Crippen molar-refractivity contribution in [1.29, 1.82) is 0 Å². The maximum absolute atomic E-state index is 14.6. The summed E-state index contributed by atoms with van der Waals surface area (Å²) in [7, 11) is 0. The van der Waals surface area contributed by atoms with Gasteiger partial charge in [0.1, 0.15) is 17.1 Å². The van der Waals surface area contributed by atoms with Gasteiger partial charge in [0.2, 0.25) is 5.91 Å². The Balaban J connectivity index is 1.31. The van der Waals surface area contributed by atoms with E-state index in [-0.39, 0.29) is 39.1 Å². The number of piperidine rings is 3. The second kappa shape index (κ2) is 11.1. The smallest absolute Gasteiger partial charge is 0.410 e. The van der Waals surface area contributed by atoms with E-state index in [1.54, 1.807) is 20.8 Å². The fourth-order valence-corrected chi connectivity index (χ4v) is 6.64. The average molecular weight is 636 g/mol. The maximum Gasteiger partial charge on any atom is 0.410 e. The molecule has 0 radical (unpaired) electrons. The van der Waals surface area contributed by atoms with Crippen molar-refractivity contribution in [1.82, 2.24) is 24.8 Å². The summed E-state index contributed by atoms with van der Waals surface area (Å²) in [5, 5.41) is 14.4. The quantitative estimate of drug-likeness (QED) is 0.496. The molecule has 3 saturated heterocycles. The number of carbonyl (C=O) groups is 3. The molecule has 1 aromatic rings. The van der Waals surface area contributed by atoms with Gasteiger partial charge in [0.05, 0.1) is 6.10 Å². The predicted octanol–water partition coefficient (Wildman–Crippen LogP) is 3.90. The summed E-state index contributed by atoms with van der Waals surface area (Å²) in [5.41, 5.74) is -4.02. The van der Waals surface area contributed by atoms with Crippen LogP contribution in [0, 0.1) is 5.41 Å². The number of alkyl halides is 5. The molecule has 16 heteroatoms. The molecule has 3 aliphatic heterocycles. The second-order valence-corrected chi connectivity index (χ2v) is 13.6. The Hall–Kier alpha value is -3.04. The number of hydrogen-bond donors (Lipinski definition) is 1. The van der Waals surface area contributed by atoms with Crippen LogP contribution in [0.25, 0.3) is 0 Å². The van der Waals surface area contributed by atoms with E-state index in [0.29, 0.717) is 12.8 Å². The molecule has 11 nitrogen and oxygen atoms in total. The highest BCUT2D eigenvalue weighted by Crippen LogP contribution is 2.50. The molecule has 4 aliphatic rings. The van der Waals surface area contributed by atoms with Gasteiger partial charge in [-0.15, -0.1) is 0 Å². The van der Waals surface area contributed by atoms with Crippen molar-refractivity contribution in [3.63, 3.8) is 0 Å². The number of aromatic nitrogens is 2. The number of aliphatic hydroxyl groups excluding tert-OH is 1. The van der Waals surface area contributed by atoms with Crippen LogP contribution in [0.5, 0.6) is 0 Å². The molecule has 0 bridgehead atoms. The summed E-state index contributed by atoms with van der Waals surface area (Å²) >= 11 is 0. The first kappa shape index (κ1) is 32.4. The highest BCUT2D eigenvalue weighted by atomic mass is 19.4. The highest BCUT2D eigenvalue weighted by molar-refractivity contribution is 5.89. The van der Waals surface area contributed by atoms with Crippen LogP contribution in [-0.4, -0.2) is 110 Å². The van der Waals surface area contributed by atoms with Gasteiger partial charge in [0.15, 0.2) is 5.82 Å². The molecule has 1 saturated carbocycles. The van der Waals surface area contributed by atoms with Crippen LogP contribution < -0.4 is 0 Å². The number of carbonyl (C=O) groups excluding carboxylic acids is 3. The number of hydrogen-bond acceptors (Lipinski definition) is 8. The average Bonchev–Trinajstić information content (AvgIpc) is 3.40. The summed E-state index contributed by atoms with van der Waals surface area (Å²) in [4.78, 5) is 47.0. The summed E-state index contributed by atoms with van der Waals surface area (Å²) in [6.45, 7) is 3.82. The third-order valence-corrected chi connectivity index (χ3v) is 9.57. The minimum absolute atomic E-state index is 0.0578. The lowest BCUT2D eigenvalue weighted by molar-refractivity contribution is -0.207. The van der Waals surface area contributed by atoms with E-state index in [1.807, 2.05) is 0 Å². The van der Waals surface area contributed by atoms with Gasteiger partial charge in [-0.05, 0) is 46.5 Å². The minimum Gasteiger partial charge on any atom is -0.444 e. The standard InChI is InChI=1S/C28H38F5N5O6/c1-24(2,3)43-23(42)38-16-25(5-4-6-25)18(39)15-17(38)20(40)36-11-7-26(8-12-36,28(31,32)33)22-34-19(44-35-22)21(41)37-13-9-27(29,30)10-14-37/h17-18,39H,4-16H2,1-3H3/t17-,18+/m0/s1.